The number of pyridine rings is 1. The predicted molar refractivity (Wildman–Crippen MR) is 64.7 cm³/mol. The van der Waals surface area contributed by atoms with Gasteiger partial charge in [0.05, 0.1) is 17.1 Å². The highest BCUT2D eigenvalue weighted by Crippen LogP contribution is 2.43. The molecule has 0 aliphatic heterocycles. The molecule has 0 spiro atoms. The maximum Gasteiger partial charge on any atom is 0.228 e. The lowest BCUT2D eigenvalue weighted by atomic mass is 9.64. The Labute approximate surface area is 99.4 Å². The number of nitrogens with zero attached hydrogens (tertiary/aromatic N) is 2. The third kappa shape index (κ3) is 1.30. The van der Waals surface area contributed by atoms with Gasteiger partial charge in [0.15, 0.2) is 0 Å². The molecule has 1 aliphatic carbocycles. The maximum atomic E-state index is 11.6. The van der Waals surface area contributed by atoms with Crippen LogP contribution < -0.4 is 5.73 Å². The van der Waals surface area contributed by atoms with Gasteiger partial charge in [-0.05, 0) is 37.0 Å². The first-order chi connectivity index (χ1) is 8.13. The molecule has 0 saturated heterocycles. The van der Waals surface area contributed by atoms with Gasteiger partial charge in [-0.2, -0.15) is 5.10 Å². The van der Waals surface area contributed by atoms with E-state index in [1.54, 1.807) is 0 Å². The second kappa shape index (κ2) is 3.32. The van der Waals surface area contributed by atoms with Crippen LogP contribution in [-0.4, -0.2) is 15.5 Å². The first kappa shape index (κ1) is 10.3. The van der Waals surface area contributed by atoms with E-state index in [0.29, 0.717) is 0 Å². The Bertz CT molecular complexity index is 596. The maximum absolute atomic E-state index is 11.6. The molecule has 2 aromatic rings. The molecular formula is C13H15N3O. The van der Waals surface area contributed by atoms with E-state index in [9.17, 15) is 4.79 Å². The van der Waals surface area contributed by atoms with Gasteiger partial charge < -0.3 is 5.73 Å². The van der Waals surface area contributed by atoms with E-state index in [2.05, 4.69) is 5.10 Å². The summed E-state index contributed by atoms with van der Waals surface area (Å²) in [7, 11) is 0. The standard InChI is InChI=1S/C13H15N3O/c1-9-7-15-16-8-10(3-4-11(9)16)13(12(14)17)5-2-6-13/h3-4,7-8H,2,5-6H2,1H3,(H2,14,17). The SMILES string of the molecule is Cc1cnn2cc(C3(C(N)=O)CCC3)ccc12. The average Bonchev–Trinajstić information content (AvgIpc) is 2.58. The first-order valence-corrected chi connectivity index (χ1v) is 5.88. The minimum absolute atomic E-state index is 0.216. The van der Waals surface area contributed by atoms with E-state index in [4.69, 9.17) is 5.73 Å². The van der Waals surface area contributed by atoms with Crippen LogP contribution in [0.4, 0.5) is 0 Å². The van der Waals surface area contributed by atoms with E-state index >= 15 is 0 Å². The van der Waals surface area contributed by atoms with Gasteiger partial charge in [0.1, 0.15) is 0 Å². The van der Waals surface area contributed by atoms with Gasteiger partial charge in [0.25, 0.3) is 0 Å². The average molecular weight is 229 g/mol. The van der Waals surface area contributed by atoms with Crippen molar-refractivity contribution in [3.63, 3.8) is 0 Å². The summed E-state index contributed by atoms with van der Waals surface area (Å²) >= 11 is 0. The molecule has 1 aliphatic rings. The van der Waals surface area contributed by atoms with Crippen LogP contribution in [0.1, 0.15) is 30.4 Å². The third-order valence-electron chi connectivity index (χ3n) is 3.94. The summed E-state index contributed by atoms with van der Waals surface area (Å²) in [5.74, 6) is -0.216. The summed E-state index contributed by atoms with van der Waals surface area (Å²) in [6.45, 7) is 2.02. The van der Waals surface area contributed by atoms with Gasteiger partial charge in [-0.25, -0.2) is 4.52 Å². The Kier molecular flexibility index (Phi) is 2.02. The van der Waals surface area contributed by atoms with Crippen LogP contribution in [-0.2, 0) is 10.2 Å². The number of primary amides is 1. The van der Waals surface area contributed by atoms with Crippen molar-refractivity contribution in [2.75, 3.05) is 0 Å². The fourth-order valence-electron chi connectivity index (χ4n) is 2.60. The zero-order chi connectivity index (χ0) is 12.0. The van der Waals surface area contributed by atoms with Gasteiger partial charge in [0, 0.05) is 6.20 Å². The number of carbonyl (C=O) groups is 1. The van der Waals surface area contributed by atoms with Crippen molar-refractivity contribution < 1.29 is 4.79 Å². The molecule has 2 aromatic heterocycles. The van der Waals surface area contributed by atoms with Crippen molar-refractivity contribution in [2.24, 2.45) is 5.73 Å². The van der Waals surface area contributed by atoms with Crippen LogP contribution >= 0.6 is 0 Å². The number of aryl methyl sites for hydroxylation is 1. The highest BCUT2D eigenvalue weighted by molar-refractivity contribution is 5.87. The summed E-state index contributed by atoms with van der Waals surface area (Å²) in [5, 5.41) is 4.27. The topological polar surface area (TPSA) is 60.4 Å². The van der Waals surface area contributed by atoms with Crippen molar-refractivity contribution in [3.8, 4) is 0 Å². The number of fused-ring (bicyclic) bond motifs is 1. The molecule has 1 saturated carbocycles. The summed E-state index contributed by atoms with van der Waals surface area (Å²) in [4.78, 5) is 11.6. The fraction of sp³-hybridized carbons (Fsp3) is 0.385. The van der Waals surface area contributed by atoms with Crippen LogP contribution in [0.15, 0.2) is 24.5 Å². The third-order valence-corrected chi connectivity index (χ3v) is 3.94. The van der Waals surface area contributed by atoms with Crippen LogP contribution in [0.25, 0.3) is 5.52 Å². The first-order valence-electron chi connectivity index (χ1n) is 5.88. The molecule has 17 heavy (non-hydrogen) atoms. The summed E-state index contributed by atoms with van der Waals surface area (Å²) < 4.78 is 1.83. The van der Waals surface area contributed by atoms with E-state index in [1.165, 1.54) is 0 Å². The normalized spacial score (nSPS) is 17.9. The molecule has 2 heterocycles. The van der Waals surface area contributed by atoms with Crippen molar-refractivity contribution in [3.05, 3.63) is 35.7 Å². The largest absolute Gasteiger partial charge is 0.369 e. The van der Waals surface area contributed by atoms with Crippen LogP contribution in [0.5, 0.6) is 0 Å². The highest BCUT2D eigenvalue weighted by Gasteiger charge is 2.44. The molecule has 1 fully saturated rings. The van der Waals surface area contributed by atoms with Crippen molar-refractivity contribution >= 4 is 11.4 Å². The smallest absolute Gasteiger partial charge is 0.228 e. The molecule has 3 rings (SSSR count). The molecular weight excluding hydrogens is 214 g/mol. The van der Waals surface area contributed by atoms with E-state index < -0.39 is 5.41 Å². The number of rotatable bonds is 2. The van der Waals surface area contributed by atoms with E-state index in [-0.39, 0.29) is 5.91 Å². The molecule has 0 aromatic carbocycles. The predicted octanol–water partition coefficient (Wildman–Crippen LogP) is 1.55. The Morgan fingerprint density at radius 3 is 2.82 bits per heavy atom. The Morgan fingerprint density at radius 1 is 1.47 bits per heavy atom. The van der Waals surface area contributed by atoms with Crippen molar-refractivity contribution in [1.29, 1.82) is 0 Å². The Hall–Kier alpha value is -1.84. The lowest BCUT2D eigenvalue weighted by Crippen LogP contribution is -2.46. The van der Waals surface area contributed by atoms with Crippen LogP contribution in [0.2, 0.25) is 0 Å². The monoisotopic (exact) mass is 229 g/mol. The summed E-state index contributed by atoms with van der Waals surface area (Å²) in [5.41, 5.74) is 8.30. The minimum atomic E-state index is -0.450. The second-order valence-electron chi connectivity index (χ2n) is 4.88. The van der Waals surface area contributed by atoms with E-state index in [0.717, 1.165) is 35.9 Å². The Balaban J connectivity index is 2.14. The van der Waals surface area contributed by atoms with Gasteiger partial charge >= 0.3 is 0 Å². The zero-order valence-electron chi connectivity index (χ0n) is 9.81. The lowest BCUT2D eigenvalue weighted by Gasteiger charge is -2.39. The van der Waals surface area contributed by atoms with Crippen LogP contribution in [0, 0.1) is 6.92 Å². The number of hydrogen-bond acceptors (Lipinski definition) is 2. The number of amides is 1. The van der Waals surface area contributed by atoms with Crippen molar-refractivity contribution in [1.82, 2.24) is 9.61 Å². The summed E-state index contributed by atoms with van der Waals surface area (Å²) in [6.07, 6.45) is 6.55. The lowest BCUT2D eigenvalue weighted by molar-refractivity contribution is -0.126. The number of hydrogen-bond donors (Lipinski definition) is 1. The van der Waals surface area contributed by atoms with Gasteiger partial charge in [-0.3, -0.25) is 4.79 Å². The number of aromatic nitrogens is 2. The number of carbonyl (C=O) groups excluding carboxylic acids is 1. The minimum Gasteiger partial charge on any atom is -0.369 e. The van der Waals surface area contributed by atoms with Gasteiger partial charge in [-0.15, -0.1) is 0 Å². The highest BCUT2D eigenvalue weighted by atomic mass is 16.1. The van der Waals surface area contributed by atoms with Gasteiger partial charge in [-0.1, -0.05) is 12.5 Å². The molecule has 2 N–H and O–H groups in total. The molecule has 88 valence electrons. The molecule has 0 bridgehead atoms. The molecule has 1 amide bonds. The zero-order valence-corrected chi connectivity index (χ0v) is 9.81. The van der Waals surface area contributed by atoms with E-state index in [1.807, 2.05) is 36.0 Å². The second-order valence-corrected chi connectivity index (χ2v) is 4.88. The quantitative estimate of drug-likeness (QED) is 0.849. The fourth-order valence-corrected chi connectivity index (χ4v) is 2.60. The Morgan fingerprint density at radius 2 is 2.24 bits per heavy atom. The molecule has 0 atom stereocenters. The van der Waals surface area contributed by atoms with Gasteiger partial charge in [0.2, 0.25) is 5.91 Å². The van der Waals surface area contributed by atoms with Crippen molar-refractivity contribution in [2.45, 2.75) is 31.6 Å². The molecule has 0 radical (unpaired) electrons. The number of nitrogens with two attached hydrogens (primary N) is 1. The summed E-state index contributed by atoms with van der Waals surface area (Å²) in [6, 6.07) is 4.02. The molecule has 0 unspecified atom stereocenters. The molecule has 4 nitrogen and oxygen atoms in total. The van der Waals surface area contributed by atoms with Crippen LogP contribution in [0.3, 0.4) is 0 Å². The molecule has 4 heteroatoms.